The van der Waals surface area contributed by atoms with Gasteiger partial charge in [-0.05, 0) is 23.7 Å². The zero-order valence-corrected chi connectivity index (χ0v) is 14.2. The van der Waals surface area contributed by atoms with E-state index in [-0.39, 0.29) is 11.5 Å². The van der Waals surface area contributed by atoms with Crippen LogP contribution < -0.4 is 9.64 Å². The number of aromatic nitrogens is 3. The van der Waals surface area contributed by atoms with Gasteiger partial charge >= 0.3 is 0 Å². The highest BCUT2D eigenvalue weighted by Crippen LogP contribution is 2.25. The van der Waals surface area contributed by atoms with Crippen molar-refractivity contribution in [1.29, 1.82) is 0 Å². The number of hydrogen-bond donors (Lipinski definition) is 0. The highest BCUT2D eigenvalue weighted by atomic mass is 16.5. The van der Waals surface area contributed by atoms with Crippen molar-refractivity contribution in [3.05, 3.63) is 29.8 Å². The fourth-order valence-electron chi connectivity index (χ4n) is 2.57. The average Bonchev–Trinajstić information content (AvgIpc) is 2.98. The second-order valence-electron chi connectivity index (χ2n) is 7.13. The molecular formula is C17H24N4O2. The summed E-state index contributed by atoms with van der Waals surface area (Å²) in [6, 6.07) is 3.94. The fraction of sp³-hybridized carbons (Fsp3) is 0.588. The van der Waals surface area contributed by atoms with E-state index in [1.807, 2.05) is 19.1 Å². The van der Waals surface area contributed by atoms with Crippen LogP contribution in [0, 0.1) is 6.92 Å². The molecule has 1 aliphatic heterocycles. The van der Waals surface area contributed by atoms with Gasteiger partial charge in [-0.15, -0.1) is 0 Å². The van der Waals surface area contributed by atoms with Crippen LogP contribution in [0.2, 0.25) is 0 Å². The summed E-state index contributed by atoms with van der Waals surface area (Å²) in [5.74, 6) is 2.06. The van der Waals surface area contributed by atoms with Crippen molar-refractivity contribution in [2.75, 3.05) is 18.0 Å². The third-order valence-corrected chi connectivity index (χ3v) is 3.96. The Morgan fingerprint density at radius 1 is 1.26 bits per heavy atom. The Bertz CT molecular complexity index is 655. The van der Waals surface area contributed by atoms with Crippen molar-refractivity contribution >= 4 is 5.95 Å². The van der Waals surface area contributed by atoms with Gasteiger partial charge < -0.3 is 14.2 Å². The number of piperidine rings is 1. The van der Waals surface area contributed by atoms with Gasteiger partial charge in [0.1, 0.15) is 6.10 Å². The van der Waals surface area contributed by atoms with Gasteiger partial charge in [-0.2, -0.15) is 4.98 Å². The Morgan fingerprint density at radius 3 is 2.61 bits per heavy atom. The summed E-state index contributed by atoms with van der Waals surface area (Å²) in [4.78, 5) is 10.9. The lowest BCUT2D eigenvalue weighted by Crippen LogP contribution is -2.39. The minimum absolute atomic E-state index is 0.122. The van der Waals surface area contributed by atoms with E-state index in [1.54, 1.807) is 6.20 Å². The van der Waals surface area contributed by atoms with Gasteiger partial charge in [0.25, 0.3) is 5.95 Å². The summed E-state index contributed by atoms with van der Waals surface area (Å²) >= 11 is 0. The highest BCUT2D eigenvalue weighted by Gasteiger charge is 2.27. The van der Waals surface area contributed by atoms with Gasteiger partial charge in [0.15, 0.2) is 0 Å². The first kappa shape index (κ1) is 15.8. The summed E-state index contributed by atoms with van der Waals surface area (Å²) in [7, 11) is 0. The van der Waals surface area contributed by atoms with Crippen molar-refractivity contribution in [1.82, 2.24) is 15.1 Å². The molecule has 0 amide bonds. The zero-order chi connectivity index (χ0) is 16.4. The highest BCUT2D eigenvalue weighted by molar-refractivity contribution is 5.29. The van der Waals surface area contributed by atoms with Gasteiger partial charge in [-0.25, -0.2) is 4.98 Å². The van der Waals surface area contributed by atoms with Gasteiger partial charge in [-0.1, -0.05) is 20.8 Å². The quantitative estimate of drug-likeness (QED) is 0.867. The zero-order valence-electron chi connectivity index (χ0n) is 14.2. The molecule has 1 saturated heterocycles. The van der Waals surface area contributed by atoms with E-state index < -0.39 is 0 Å². The SMILES string of the molecule is Cc1ccnc(OC2CCN(c3noc(C(C)(C)C)n3)CC2)c1. The summed E-state index contributed by atoms with van der Waals surface area (Å²) < 4.78 is 11.4. The molecule has 23 heavy (non-hydrogen) atoms. The normalized spacial score (nSPS) is 16.6. The van der Waals surface area contributed by atoms with Crippen LogP contribution in [0.3, 0.4) is 0 Å². The maximum absolute atomic E-state index is 5.98. The maximum Gasteiger partial charge on any atom is 0.266 e. The van der Waals surface area contributed by atoms with E-state index in [9.17, 15) is 0 Å². The second-order valence-corrected chi connectivity index (χ2v) is 7.13. The molecule has 0 N–H and O–H groups in total. The van der Waals surface area contributed by atoms with Crippen molar-refractivity contribution < 1.29 is 9.26 Å². The number of ether oxygens (including phenoxy) is 1. The monoisotopic (exact) mass is 316 g/mol. The van der Waals surface area contributed by atoms with Crippen molar-refractivity contribution in [3.63, 3.8) is 0 Å². The molecule has 3 heterocycles. The lowest BCUT2D eigenvalue weighted by atomic mass is 9.97. The molecule has 6 heteroatoms. The first-order valence-corrected chi connectivity index (χ1v) is 8.10. The summed E-state index contributed by atoms with van der Waals surface area (Å²) in [6.45, 7) is 9.97. The van der Waals surface area contributed by atoms with E-state index in [0.29, 0.717) is 17.7 Å². The summed E-state index contributed by atoms with van der Waals surface area (Å²) in [6.07, 6.45) is 3.83. The maximum atomic E-state index is 5.98. The standard InChI is InChI=1S/C17H24N4O2/c1-12-5-8-18-14(11-12)22-13-6-9-21(10-7-13)16-19-15(23-20-16)17(2,3)4/h5,8,11,13H,6-7,9-10H2,1-4H3. The van der Waals surface area contributed by atoms with Crippen LogP contribution in [-0.4, -0.2) is 34.3 Å². The van der Waals surface area contributed by atoms with Gasteiger partial charge in [0, 0.05) is 43.6 Å². The minimum atomic E-state index is -0.122. The molecule has 124 valence electrons. The molecule has 1 fully saturated rings. The Labute approximate surface area is 136 Å². The predicted octanol–water partition coefficient (Wildman–Crippen LogP) is 3.12. The largest absolute Gasteiger partial charge is 0.474 e. The van der Waals surface area contributed by atoms with Gasteiger partial charge in [0.2, 0.25) is 11.8 Å². The number of pyridine rings is 1. The minimum Gasteiger partial charge on any atom is -0.474 e. The molecule has 0 unspecified atom stereocenters. The molecule has 0 spiro atoms. The number of rotatable bonds is 3. The molecule has 0 atom stereocenters. The van der Waals surface area contributed by atoms with Crippen LogP contribution in [0.5, 0.6) is 5.88 Å². The van der Waals surface area contributed by atoms with E-state index in [1.165, 1.54) is 0 Å². The third kappa shape index (κ3) is 3.81. The first-order valence-electron chi connectivity index (χ1n) is 8.10. The molecule has 2 aromatic heterocycles. The smallest absolute Gasteiger partial charge is 0.266 e. The van der Waals surface area contributed by atoms with Crippen LogP contribution >= 0.6 is 0 Å². The second kappa shape index (κ2) is 6.18. The Morgan fingerprint density at radius 2 is 2.00 bits per heavy atom. The van der Waals surface area contributed by atoms with Crippen molar-refractivity contribution in [2.45, 2.75) is 52.1 Å². The summed E-state index contributed by atoms with van der Waals surface area (Å²) in [5, 5.41) is 4.11. The molecule has 0 aliphatic carbocycles. The van der Waals surface area contributed by atoms with Crippen molar-refractivity contribution in [2.24, 2.45) is 0 Å². The van der Waals surface area contributed by atoms with Crippen LogP contribution in [-0.2, 0) is 5.41 Å². The molecule has 0 saturated carbocycles. The lowest BCUT2D eigenvalue weighted by Gasteiger charge is -2.30. The van der Waals surface area contributed by atoms with Crippen LogP contribution in [0.4, 0.5) is 5.95 Å². The Hall–Kier alpha value is -2.11. The summed E-state index contributed by atoms with van der Waals surface area (Å²) in [5.41, 5.74) is 1.04. The van der Waals surface area contributed by atoms with E-state index in [4.69, 9.17) is 9.26 Å². The van der Waals surface area contributed by atoms with Gasteiger partial charge in [-0.3, -0.25) is 0 Å². The van der Waals surface area contributed by atoms with E-state index >= 15 is 0 Å². The molecule has 0 bridgehead atoms. The third-order valence-electron chi connectivity index (χ3n) is 3.96. The Kier molecular flexibility index (Phi) is 4.24. The average molecular weight is 316 g/mol. The molecule has 3 rings (SSSR count). The Balaban J connectivity index is 1.57. The first-order chi connectivity index (χ1) is 10.9. The molecule has 0 radical (unpaired) electrons. The number of nitrogens with zero attached hydrogens (tertiary/aromatic N) is 4. The number of anilines is 1. The van der Waals surface area contributed by atoms with Gasteiger partial charge in [0.05, 0.1) is 0 Å². The van der Waals surface area contributed by atoms with E-state index in [2.05, 4.69) is 40.8 Å². The van der Waals surface area contributed by atoms with Crippen molar-refractivity contribution in [3.8, 4) is 5.88 Å². The topological polar surface area (TPSA) is 64.3 Å². The molecule has 1 aliphatic rings. The van der Waals surface area contributed by atoms with Crippen LogP contribution in [0.25, 0.3) is 0 Å². The fourth-order valence-corrected chi connectivity index (χ4v) is 2.57. The predicted molar refractivity (Wildman–Crippen MR) is 87.8 cm³/mol. The number of hydrogen-bond acceptors (Lipinski definition) is 6. The molecule has 6 nitrogen and oxygen atoms in total. The molecule has 0 aromatic carbocycles. The molecular weight excluding hydrogens is 292 g/mol. The lowest BCUT2D eigenvalue weighted by molar-refractivity contribution is 0.163. The van der Waals surface area contributed by atoms with E-state index in [0.717, 1.165) is 31.5 Å². The van der Waals surface area contributed by atoms with Crippen LogP contribution in [0.1, 0.15) is 45.1 Å². The van der Waals surface area contributed by atoms with Crippen LogP contribution in [0.15, 0.2) is 22.9 Å². The molecule has 2 aromatic rings. The number of aryl methyl sites for hydroxylation is 1.